The molecule has 0 fully saturated rings. The lowest BCUT2D eigenvalue weighted by atomic mass is 10.1. The van der Waals surface area contributed by atoms with Crippen LogP contribution in [0.2, 0.25) is 0 Å². The van der Waals surface area contributed by atoms with Crippen LogP contribution in [0.1, 0.15) is 59.7 Å². The molecule has 2 N–H and O–H groups in total. The summed E-state index contributed by atoms with van der Waals surface area (Å²) in [4.78, 5) is 61.9. The molecule has 13 heteroatoms. The number of rotatable bonds is 14. The van der Waals surface area contributed by atoms with E-state index in [9.17, 15) is 28.5 Å². The van der Waals surface area contributed by atoms with Crippen LogP contribution in [0.25, 0.3) is 0 Å². The van der Waals surface area contributed by atoms with Crippen LogP contribution in [0.15, 0.2) is 24.3 Å². The van der Waals surface area contributed by atoms with Crippen LogP contribution < -0.4 is 10.4 Å². The second-order valence-electron chi connectivity index (χ2n) is 8.11. The molecule has 1 aliphatic rings. The van der Waals surface area contributed by atoms with Gasteiger partial charge in [-0.1, -0.05) is 12.1 Å². The van der Waals surface area contributed by atoms with Gasteiger partial charge in [-0.05, 0) is 38.3 Å². The molecule has 0 saturated carbocycles. The fourth-order valence-electron chi connectivity index (χ4n) is 3.67. The smallest absolute Gasteiger partial charge is 0.323 e. The summed E-state index contributed by atoms with van der Waals surface area (Å²) in [5.74, 6) is -3.44. The Morgan fingerprint density at radius 1 is 0.972 bits per heavy atom. The van der Waals surface area contributed by atoms with Gasteiger partial charge in [0, 0.05) is 26.5 Å². The summed E-state index contributed by atoms with van der Waals surface area (Å²) in [5, 5.41) is 5.18. The molecule has 3 amide bonds. The van der Waals surface area contributed by atoms with Gasteiger partial charge in [0.05, 0.1) is 25.3 Å². The van der Waals surface area contributed by atoms with Gasteiger partial charge in [-0.15, -0.1) is 0 Å². The van der Waals surface area contributed by atoms with Crippen LogP contribution in [-0.2, 0) is 32.9 Å². The lowest BCUT2D eigenvalue weighted by molar-refractivity contribution is -0.144. The summed E-state index contributed by atoms with van der Waals surface area (Å²) < 4.78 is 27.7. The fourth-order valence-corrected chi connectivity index (χ4v) is 5.30. The van der Waals surface area contributed by atoms with Gasteiger partial charge in [-0.3, -0.25) is 33.4 Å². The number of benzene rings is 1. The van der Waals surface area contributed by atoms with Crippen molar-refractivity contribution in [1.29, 1.82) is 0 Å². The second kappa shape index (κ2) is 13.3. The Kier molecular flexibility index (Phi) is 10.8. The first-order valence-electron chi connectivity index (χ1n) is 11.4. The molecule has 0 aliphatic carbocycles. The van der Waals surface area contributed by atoms with Gasteiger partial charge in [-0.25, -0.2) is 5.09 Å². The number of esters is 2. The minimum atomic E-state index is -3.78. The van der Waals surface area contributed by atoms with E-state index >= 15 is 0 Å². The van der Waals surface area contributed by atoms with Crippen molar-refractivity contribution in [1.82, 2.24) is 15.3 Å². The van der Waals surface area contributed by atoms with Crippen molar-refractivity contribution in [3.8, 4) is 0 Å². The zero-order valence-corrected chi connectivity index (χ0v) is 21.7. The molecule has 12 nitrogen and oxygen atoms in total. The van der Waals surface area contributed by atoms with Crippen LogP contribution >= 0.6 is 7.52 Å². The highest BCUT2D eigenvalue weighted by atomic mass is 31.2. The van der Waals surface area contributed by atoms with Gasteiger partial charge in [0.1, 0.15) is 11.8 Å². The number of nitrogens with one attached hydrogen (secondary N) is 2. The number of methoxy groups -OCH3 is 2. The van der Waals surface area contributed by atoms with Crippen LogP contribution in [0.4, 0.5) is 0 Å². The first kappa shape index (κ1) is 29.2. The van der Waals surface area contributed by atoms with Crippen molar-refractivity contribution in [2.75, 3.05) is 27.9 Å². The van der Waals surface area contributed by atoms with Crippen LogP contribution in [0.3, 0.4) is 0 Å². The zero-order valence-electron chi connectivity index (χ0n) is 20.8. The van der Waals surface area contributed by atoms with E-state index in [1.54, 1.807) is 24.3 Å². The molecule has 0 aromatic heterocycles. The zero-order chi connectivity index (χ0) is 26.9. The van der Waals surface area contributed by atoms with E-state index in [1.165, 1.54) is 21.1 Å². The number of unbranched alkanes of at least 4 members (excludes halogenated alkanes) is 1. The number of hydrogen-bond donors (Lipinski definition) is 2. The number of imide groups is 1. The quantitative estimate of drug-likeness (QED) is 0.159. The highest BCUT2D eigenvalue weighted by Gasteiger charge is 2.37. The molecule has 198 valence electrons. The Balaban J connectivity index is 1.86. The third-order valence-electron chi connectivity index (χ3n) is 5.75. The fraction of sp³-hybridized carbons (Fsp3) is 0.522. The van der Waals surface area contributed by atoms with Crippen molar-refractivity contribution in [2.45, 2.75) is 50.9 Å². The molecule has 1 aliphatic heterocycles. The number of carbonyl (C=O) groups excluding carboxylic acids is 5. The number of fused-ring (bicyclic) bond motifs is 1. The standard InChI is InChI=1S/C23H32N3O9P/c1-15(36(32,35-4)25-18(23(31)34-3)12-13-20(28)33-2)24-19(27)11-7-8-14-26-21(29)16-9-5-6-10-17(16)22(26)30/h5-6,9-10,15,18H,7-8,11-14H2,1-4H3,(H,24,27)(H,25,32)/t15?,18-,36?/m1/s1. The van der Waals surface area contributed by atoms with E-state index in [-0.39, 0.29) is 37.6 Å². The van der Waals surface area contributed by atoms with E-state index in [4.69, 9.17) is 9.26 Å². The number of amides is 3. The Hall–Kier alpha value is -3.08. The number of nitrogens with zero attached hydrogens (tertiary/aromatic N) is 1. The van der Waals surface area contributed by atoms with Crippen LogP contribution in [0, 0.1) is 0 Å². The van der Waals surface area contributed by atoms with E-state index < -0.39 is 37.2 Å². The molecule has 0 bridgehead atoms. The van der Waals surface area contributed by atoms with E-state index in [2.05, 4.69) is 15.1 Å². The Labute approximate surface area is 209 Å². The van der Waals surface area contributed by atoms with Crippen molar-refractivity contribution in [3.05, 3.63) is 35.4 Å². The molecular formula is C23H32N3O9P. The largest absolute Gasteiger partial charge is 0.469 e. The van der Waals surface area contributed by atoms with Crippen molar-refractivity contribution >= 4 is 37.2 Å². The summed E-state index contributed by atoms with van der Waals surface area (Å²) in [7, 11) is -0.240. The highest BCUT2D eigenvalue weighted by molar-refractivity contribution is 7.57. The molecule has 0 saturated heterocycles. The highest BCUT2D eigenvalue weighted by Crippen LogP contribution is 2.46. The van der Waals surface area contributed by atoms with Crippen molar-refractivity contribution < 1.29 is 42.5 Å². The van der Waals surface area contributed by atoms with Gasteiger partial charge in [-0.2, -0.15) is 0 Å². The van der Waals surface area contributed by atoms with E-state index in [1.807, 2.05) is 0 Å². The second-order valence-corrected chi connectivity index (χ2v) is 10.7. The summed E-state index contributed by atoms with van der Waals surface area (Å²) in [6.45, 7) is 1.64. The summed E-state index contributed by atoms with van der Waals surface area (Å²) in [5.41, 5.74) is 0.738. The molecule has 1 aromatic carbocycles. The normalized spacial score (nSPS) is 16.1. The molecule has 0 spiro atoms. The predicted octanol–water partition coefficient (Wildman–Crippen LogP) is 1.84. The lowest BCUT2D eigenvalue weighted by Crippen LogP contribution is -2.42. The van der Waals surface area contributed by atoms with Gasteiger partial charge in [0.25, 0.3) is 19.3 Å². The van der Waals surface area contributed by atoms with Gasteiger partial charge < -0.3 is 19.3 Å². The maximum atomic E-state index is 13.3. The van der Waals surface area contributed by atoms with Crippen molar-refractivity contribution in [2.24, 2.45) is 0 Å². The molecule has 2 rings (SSSR count). The molecule has 36 heavy (non-hydrogen) atoms. The third-order valence-corrected chi connectivity index (χ3v) is 8.11. The predicted molar refractivity (Wildman–Crippen MR) is 128 cm³/mol. The minimum absolute atomic E-state index is 0.0504. The van der Waals surface area contributed by atoms with E-state index in [0.717, 1.165) is 12.0 Å². The lowest BCUT2D eigenvalue weighted by Gasteiger charge is -2.28. The summed E-state index contributed by atoms with van der Waals surface area (Å²) in [6, 6.07) is 5.47. The molecule has 0 radical (unpaired) electrons. The first-order valence-corrected chi connectivity index (χ1v) is 13.1. The molecule has 2 unspecified atom stereocenters. The molecule has 3 atom stereocenters. The maximum Gasteiger partial charge on any atom is 0.323 e. The molecule has 1 heterocycles. The Morgan fingerprint density at radius 2 is 1.58 bits per heavy atom. The SMILES string of the molecule is COC(=O)CC[C@@H](NP(=O)(OC)C(C)NC(=O)CCCCN1C(=O)c2ccccc2C1=O)C(=O)OC. The third kappa shape index (κ3) is 7.22. The topological polar surface area (TPSA) is 157 Å². The van der Waals surface area contributed by atoms with E-state index in [0.29, 0.717) is 24.0 Å². The van der Waals surface area contributed by atoms with Crippen LogP contribution in [-0.4, -0.2) is 74.3 Å². The first-order chi connectivity index (χ1) is 17.1. The monoisotopic (exact) mass is 525 g/mol. The Bertz CT molecular complexity index is 1010. The van der Waals surface area contributed by atoms with Gasteiger partial charge in [0.2, 0.25) is 5.91 Å². The minimum Gasteiger partial charge on any atom is -0.469 e. The number of hydrogen-bond acceptors (Lipinski definition) is 9. The molecular weight excluding hydrogens is 493 g/mol. The van der Waals surface area contributed by atoms with Crippen molar-refractivity contribution in [3.63, 3.8) is 0 Å². The Morgan fingerprint density at radius 3 is 2.11 bits per heavy atom. The van der Waals surface area contributed by atoms with Crippen LogP contribution in [0.5, 0.6) is 0 Å². The van der Waals surface area contributed by atoms with Gasteiger partial charge >= 0.3 is 11.9 Å². The number of carbonyl (C=O) groups is 5. The number of ether oxygens (including phenoxy) is 2. The average Bonchev–Trinajstić information content (AvgIpc) is 3.12. The van der Waals surface area contributed by atoms with Gasteiger partial charge in [0.15, 0.2) is 0 Å². The summed E-state index contributed by atoms with van der Waals surface area (Å²) >= 11 is 0. The molecule has 1 aromatic rings. The maximum absolute atomic E-state index is 13.3. The summed E-state index contributed by atoms with van der Waals surface area (Å²) in [6.07, 6.45) is 0.665. The average molecular weight is 525 g/mol.